The van der Waals surface area contributed by atoms with Crippen molar-refractivity contribution in [1.29, 1.82) is 0 Å². The van der Waals surface area contributed by atoms with Crippen LogP contribution in [0.15, 0.2) is 71.6 Å². The van der Waals surface area contributed by atoms with Crippen LogP contribution in [0.5, 0.6) is 5.75 Å². The van der Waals surface area contributed by atoms with Crippen molar-refractivity contribution < 1.29 is 28.2 Å². The third-order valence-corrected chi connectivity index (χ3v) is 7.56. The molecule has 0 bridgehead atoms. The Morgan fingerprint density at radius 1 is 1.06 bits per heavy atom. The number of hydrogen-bond acceptors (Lipinski definition) is 5. The van der Waals surface area contributed by atoms with Crippen LogP contribution in [0.2, 0.25) is 0 Å². The highest BCUT2D eigenvalue weighted by atomic mass is 32.2. The van der Waals surface area contributed by atoms with E-state index >= 15 is 0 Å². The van der Waals surface area contributed by atoms with Gasteiger partial charge in [0.2, 0.25) is 10.0 Å². The number of hydrogen-bond donors (Lipinski definition) is 3. The first-order valence-corrected chi connectivity index (χ1v) is 11.7. The van der Waals surface area contributed by atoms with Crippen molar-refractivity contribution in [3.05, 3.63) is 77.9 Å². The Hall–Kier alpha value is -3.20. The van der Waals surface area contributed by atoms with Crippen molar-refractivity contribution >= 4 is 32.8 Å². The van der Waals surface area contributed by atoms with Crippen LogP contribution in [0.3, 0.4) is 0 Å². The Kier molecular flexibility index (Phi) is 5.00. The highest BCUT2D eigenvalue weighted by Crippen LogP contribution is 2.49. The molecule has 4 atom stereocenters. The van der Waals surface area contributed by atoms with Crippen molar-refractivity contribution in [2.45, 2.75) is 35.5 Å². The molecule has 1 heterocycles. The van der Waals surface area contributed by atoms with Gasteiger partial charge in [-0.25, -0.2) is 17.9 Å². The fraction of sp³-hybridized carbons (Fsp3) is 0.208. The van der Waals surface area contributed by atoms with Crippen molar-refractivity contribution in [3.63, 3.8) is 0 Å². The first kappa shape index (κ1) is 20.7. The van der Waals surface area contributed by atoms with E-state index in [9.17, 15) is 18.3 Å². The van der Waals surface area contributed by atoms with E-state index in [0.29, 0.717) is 11.3 Å². The standard InChI is InChI=1S/C24H21NO6S/c26-19-13-20-22(18-7-3-6-15(24(18)31-20)9-11-21(27)28)23(19)25-32(29,30)17-10-8-14-4-1-2-5-16(14)12-17/h1-12,19-20,22-23,25-26H,13H2,(H,27,28). The maximum atomic E-state index is 13.2. The van der Waals surface area contributed by atoms with Crippen LogP contribution >= 0.6 is 0 Å². The quantitative estimate of drug-likeness (QED) is 0.514. The Morgan fingerprint density at radius 3 is 2.62 bits per heavy atom. The van der Waals surface area contributed by atoms with Crippen molar-refractivity contribution in [3.8, 4) is 5.75 Å². The molecule has 4 unspecified atom stereocenters. The molecule has 164 valence electrons. The summed E-state index contributed by atoms with van der Waals surface area (Å²) in [5.74, 6) is -0.924. The molecule has 7 nitrogen and oxygen atoms in total. The van der Waals surface area contributed by atoms with E-state index in [4.69, 9.17) is 9.84 Å². The number of rotatable bonds is 5. The number of carboxylic acids is 1. The molecular weight excluding hydrogens is 430 g/mol. The van der Waals surface area contributed by atoms with Crippen LogP contribution in [0.4, 0.5) is 0 Å². The molecule has 1 saturated carbocycles. The van der Waals surface area contributed by atoms with Crippen LogP contribution in [-0.4, -0.2) is 42.8 Å². The van der Waals surface area contributed by atoms with Gasteiger partial charge in [0.25, 0.3) is 0 Å². The van der Waals surface area contributed by atoms with Crippen LogP contribution < -0.4 is 9.46 Å². The van der Waals surface area contributed by atoms with Gasteiger partial charge < -0.3 is 14.9 Å². The Balaban J connectivity index is 1.47. The Bertz CT molecular complexity index is 1350. The largest absolute Gasteiger partial charge is 0.489 e. The number of carbonyl (C=O) groups is 1. The average Bonchev–Trinajstić information content (AvgIpc) is 3.27. The van der Waals surface area contributed by atoms with Crippen LogP contribution in [0.25, 0.3) is 16.8 Å². The second-order valence-electron chi connectivity index (χ2n) is 8.08. The summed E-state index contributed by atoms with van der Waals surface area (Å²) in [7, 11) is -3.90. The molecule has 3 N–H and O–H groups in total. The van der Waals surface area contributed by atoms with Gasteiger partial charge in [-0.1, -0.05) is 48.5 Å². The first-order chi connectivity index (χ1) is 15.3. The molecule has 0 radical (unpaired) electrons. The number of para-hydroxylation sites is 1. The molecule has 0 amide bonds. The molecule has 0 spiro atoms. The number of ether oxygens (including phenoxy) is 1. The molecule has 8 heteroatoms. The maximum absolute atomic E-state index is 13.2. The van der Waals surface area contributed by atoms with Crippen LogP contribution in [0.1, 0.15) is 23.5 Å². The van der Waals surface area contributed by atoms with Gasteiger partial charge in [0.05, 0.1) is 17.0 Å². The van der Waals surface area contributed by atoms with Gasteiger partial charge in [-0.3, -0.25) is 0 Å². The molecule has 3 aromatic carbocycles. The molecule has 3 aromatic rings. The predicted molar refractivity (Wildman–Crippen MR) is 119 cm³/mol. The van der Waals surface area contributed by atoms with Gasteiger partial charge in [0.1, 0.15) is 11.9 Å². The zero-order chi connectivity index (χ0) is 22.5. The van der Waals surface area contributed by atoms with E-state index < -0.39 is 34.2 Å². The lowest BCUT2D eigenvalue weighted by Gasteiger charge is -2.22. The second kappa shape index (κ2) is 7.74. The van der Waals surface area contributed by atoms with Gasteiger partial charge in [0.15, 0.2) is 0 Å². The van der Waals surface area contributed by atoms with Gasteiger partial charge >= 0.3 is 5.97 Å². The lowest BCUT2D eigenvalue weighted by atomic mass is 9.93. The molecule has 0 saturated heterocycles. The summed E-state index contributed by atoms with van der Waals surface area (Å²) < 4.78 is 35.1. The summed E-state index contributed by atoms with van der Waals surface area (Å²) in [5, 5.41) is 21.3. The fourth-order valence-electron chi connectivity index (χ4n) is 4.67. The first-order valence-electron chi connectivity index (χ1n) is 10.2. The lowest BCUT2D eigenvalue weighted by molar-refractivity contribution is -0.131. The van der Waals surface area contributed by atoms with Crippen LogP contribution in [-0.2, 0) is 14.8 Å². The van der Waals surface area contributed by atoms with E-state index in [1.54, 1.807) is 30.3 Å². The number of carboxylic acid groups (broad SMARTS) is 1. The number of fused-ring (bicyclic) bond motifs is 4. The van der Waals surface area contributed by atoms with E-state index in [1.807, 2.05) is 30.3 Å². The summed E-state index contributed by atoms with van der Waals surface area (Å²) in [6, 6.07) is 17.0. The lowest BCUT2D eigenvalue weighted by Crippen LogP contribution is -2.43. The number of benzene rings is 3. The maximum Gasteiger partial charge on any atom is 0.328 e. The molecule has 0 aromatic heterocycles. The van der Waals surface area contributed by atoms with Gasteiger partial charge in [0, 0.05) is 29.5 Å². The van der Waals surface area contributed by atoms with Gasteiger partial charge in [-0.2, -0.15) is 0 Å². The topological polar surface area (TPSA) is 113 Å². The molecule has 1 fully saturated rings. The minimum atomic E-state index is -3.90. The number of aliphatic hydroxyl groups excluding tert-OH is 1. The number of sulfonamides is 1. The second-order valence-corrected chi connectivity index (χ2v) is 9.79. The Labute approximate surface area is 185 Å². The third-order valence-electron chi connectivity index (χ3n) is 6.11. The minimum absolute atomic E-state index is 0.129. The van der Waals surface area contributed by atoms with Gasteiger partial charge in [-0.15, -0.1) is 0 Å². The van der Waals surface area contributed by atoms with Crippen molar-refractivity contribution in [1.82, 2.24) is 4.72 Å². The summed E-state index contributed by atoms with van der Waals surface area (Å²) in [6.45, 7) is 0. The highest BCUT2D eigenvalue weighted by molar-refractivity contribution is 7.89. The molecule has 5 rings (SSSR count). The molecule has 2 aliphatic rings. The zero-order valence-corrected chi connectivity index (χ0v) is 17.7. The summed E-state index contributed by atoms with van der Waals surface area (Å²) >= 11 is 0. The van der Waals surface area contributed by atoms with Crippen molar-refractivity contribution in [2.75, 3.05) is 0 Å². The Morgan fingerprint density at radius 2 is 1.84 bits per heavy atom. The summed E-state index contributed by atoms with van der Waals surface area (Å²) in [5.41, 5.74) is 1.36. The van der Waals surface area contributed by atoms with Crippen molar-refractivity contribution in [2.24, 2.45) is 0 Å². The molecule has 1 aliphatic heterocycles. The number of aliphatic carboxylic acids is 1. The predicted octanol–water partition coefficient (Wildman–Crippen LogP) is 2.89. The minimum Gasteiger partial charge on any atom is -0.489 e. The smallest absolute Gasteiger partial charge is 0.328 e. The SMILES string of the molecule is O=C(O)C=Cc1cccc2c1OC1CC(O)C(NS(=O)(=O)c3ccc4ccccc4c3)C21. The summed E-state index contributed by atoms with van der Waals surface area (Å²) in [6.07, 6.45) is 1.44. The van der Waals surface area contributed by atoms with E-state index in [-0.39, 0.29) is 17.2 Å². The fourth-order valence-corrected chi connectivity index (χ4v) is 5.99. The van der Waals surface area contributed by atoms with E-state index in [0.717, 1.165) is 22.4 Å². The van der Waals surface area contributed by atoms with E-state index in [2.05, 4.69) is 4.72 Å². The normalized spacial score (nSPS) is 24.4. The zero-order valence-electron chi connectivity index (χ0n) is 16.9. The molecule has 32 heavy (non-hydrogen) atoms. The monoisotopic (exact) mass is 451 g/mol. The van der Waals surface area contributed by atoms with Gasteiger partial charge in [-0.05, 0) is 29.0 Å². The molecular formula is C24H21NO6S. The summed E-state index contributed by atoms with van der Waals surface area (Å²) in [4.78, 5) is 11.0. The van der Waals surface area contributed by atoms with Crippen LogP contribution in [0, 0.1) is 0 Å². The third kappa shape index (κ3) is 3.56. The molecule has 1 aliphatic carbocycles. The highest BCUT2D eigenvalue weighted by Gasteiger charge is 2.51. The number of aliphatic hydroxyl groups is 1. The average molecular weight is 452 g/mol. The van der Waals surface area contributed by atoms with E-state index in [1.165, 1.54) is 6.08 Å². The number of nitrogens with one attached hydrogen (secondary N) is 1.